The van der Waals surface area contributed by atoms with Crippen molar-refractivity contribution in [2.24, 2.45) is 5.41 Å². The molecule has 0 aliphatic heterocycles. The predicted octanol–water partition coefficient (Wildman–Crippen LogP) is 2.81. The summed E-state index contributed by atoms with van der Waals surface area (Å²) in [5.74, 6) is -0.649. The number of carboxylic acids is 1. The predicted molar refractivity (Wildman–Crippen MR) is 71.3 cm³/mol. The highest BCUT2D eigenvalue weighted by atomic mass is 16.4. The maximum absolute atomic E-state index is 11.1. The summed E-state index contributed by atoms with van der Waals surface area (Å²) in [6.07, 6.45) is 3.45. The first kappa shape index (κ1) is 13.1. The Hall–Kier alpha value is -1.35. The summed E-state index contributed by atoms with van der Waals surface area (Å²) in [6.45, 7) is 2.73. The van der Waals surface area contributed by atoms with Gasteiger partial charge < -0.3 is 10.4 Å². The molecule has 0 heterocycles. The minimum Gasteiger partial charge on any atom is -0.481 e. The van der Waals surface area contributed by atoms with Crippen LogP contribution in [0.25, 0.3) is 0 Å². The minimum atomic E-state index is -0.649. The van der Waals surface area contributed by atoms with E-state index in [1.807, 2.05) is 25.1 Å². The number of hydrogen-bond acceptors (Lipinski definition) is 2. The first-order chi connectivity index (χ1) is 8.60. The monoisotopic (exact) mass is 247 g/mol. The van der Waals surface area contributed by atoms with Gasteiger partial charge in [0.2, 0.25) is 0 Å². The summed E-state index contributed by atoms with van der Waals surface area (Å²) in [4.78, 5) is 11.1. The number of rotatable bonds is 4. The molecule has 2 N–H and O–H groups in total. The molecule has 3 heteroatoms. The van der Waals surface area contributed by atoms with Crippen molar-refractivity contribution in [1.29, 1.82) is 0 Å². The fourth-order valence-electron chi connectivity index (χ4n) is 2.53. The van der Waals surface area contributed by atoms with Gasteiger partial charge in [-0.2, -0.15) is 0 Å². The van der Waals surface area contributed by atoms with E-state index in [1.54, 1.807) is 0 Å². The highest BCUT2D eigenvalue weighted by molar-refractivity contribution is 5.74. The molecule has 1 saturated carbocycles. The second-order valence-electron chi connectivity index (χ2n) is 5.51. The van der Waals surface area contributed by atoms with Crippen LogP contribution in [0.2, 0.25) is 0 Å². The maximum Gasteiger partial charge on any atom is 0.309 e. The van der Waals surface area contributed by atoms with Gasteiger partial charge in [-0.15, -0.1) is 0 Å². The first-order valence-corrected chi connectivity index (χ1v) is 6.61. The molecular formula is C15H21NO2. The minimum absolute atomic E-state index is 0.456. The van der Waals surface area contributed by atoms with E-state index < -0.39 is 11.4 Å². The Bertz CT molecular complexity index is 394. The van der Waals surface area contributed by atoms with Gasteiger partial charge in [0.15, 0.2) is 0 Å². The topological polar surface area (TPSA) is 49.3 Å². The van der Waals surface area contributed by atoms with Gasteiger partial charge >= 0.3 is 5.97 Å². The van der Waals surface area contributed by atoms with Gasteiger partial charge in [0.25, 0.3) is 0 Å². The van der Waals surface area contributed by atoms with Crippen LogP contribution in [0.5, 0.6) is 0 Å². The van der Waals surface area contributed by atoms with E-state index in [1.165, 1.54) is 5.56 Å². The zero-order valence-corrected chi connectivity index (χ0v) is 10.9. The van der Waals surface area contributed by atoms with E-state index >= 15 is 0 Å². The van der Waals surface area contributed by atoms with Gasteiger partial charge in [0.05, 0.1) is 5.41 Å². The van der Waals surface area contributed by atoms with E-state index in [4.69, 9.17) is 0 Å². The van der Waals surface area contributed by atoms with Gasteiger partial charge in [0.1, 0.15) is 0 Å². The molecule has 2 rings (SSSR count). The lowest BCUT2D eigenvalue weighted by Crippen LogP contribution is -2.39. The van der Waals surface area contributed by atoms with Crippen LogP contribution in [0.15, 0.2) is 30.3 Å². The van der Waals surface area contributed by atoms with E-state index in [-0.39, 0.29) is 0 Å². The summed E-state index contributed by atoms with van der Waals surface area (Å²) < 4.78 is 0. The Balaban J connectivity index is 1.79. The zero-order valence-electron chi connectivity index (χ0n) is 10.9. The molecule has 18 heavy (non-hydrogen) atoms. The second kappa shape index (κ2) is 5.53. The number of carbonyl (C=O) groups is 1. The summed E-state index contributed by atoms with van der Waals surface area (Å²) >= 11 is 0. The van der Waals surface area contributed by atoms with Crippen molar-refractivity contribution in [3.8, 4) is 0 Å². The molecule has 0 bridgehead atoms. The summed E-state index contributed by atoms with van der Waals surface area (Å²) in [7, 11) is 0. The van der Waals surface area contributed by atoms with Gasteiger partial charge in [-0.25, -0.2) is 0 Å². The average Bonchev–Trinajstić information content (AvgIpc) is 2.39. The lowest BCUT2D eigenvalue weighted by atomic mass is 9.74. The van der Waals surface area contributed by atoms with Crippen LogP contribution < -0.4 is 5.32 Å². The van der Waals surface area contributed by atoms with Gasteiger partial charge in [-0.05, 0) is 38.2 Å². The summed E-state index contributed by atoms with van der Waals surface area (Å²) in [5, 5.41) is 12.7. The maximum atomic E-state index is 11.1. The number of carboxylic acid groups (broad SMARTS) is 1. The largest absolute Gasteiger partial charge is 0.481 e. The van der Waals surface area contributed by atoms with Crippen LogP contribution in [0.1, 0.15) is 38.2 Å². The van der Waals surface area contributed by atoms with Crippen LogP contribution in [0.3, 0.4) is 0 Å². The number of nitrogens with one attached hydrogen (secondary N) is 1. The van der Waals surface area contributed by atoms with Crippen molar-refractivity contribution in [2.75, 3.05) is 0 Å². The standard InChI is InChI=1S/C15H21NO2/c1-15(14(17)18)9-7-13(8-10-15)16-11-12-5-3-2-4-6-12/h2-6,13,16H,7-11H2,1H3,(H,17,18)/t13-,15-. The molecule has 0 saturated heterocycles. The average molecular weight is 247 g/mol. The molecule has 0 aromatic heterocycles. The van der Waals surface area contributed by atoms with Crippen molar-refractivity contribution < 1.29 is 9.90 Å². The molecule has 1 aromatic carbocycles. The Morgan fingerprint density at radius 3 is 2.50 bits per heavy atom. The summed E-state index contributed by atoms with van der Waals surface area (Å²) in [6, 6.07) is 10.8. The molecule has 1 aliphatic rings. The third kappa shape index (κ3) is 3.10. The third-order valence-corrected chi connectivity index (χ3v) is 4.04. The van der Waals surface area contributed by atoms with Crippen LogP contribution in [0, 0.1) is 5.41 Å². The van der Waals surface area contributed by atoms with Crippen LogP contribution in [-0.2, 0) is 11.3 Å². The Morgan fingerprint density at radius 2 is 1.94 bits per heavy atom. The van der Waals surface area contributed by atoms with Gasteiger partial charge in [-0.3, -0.25) is 4.79 Å². The van der Waals surface area contributed by atoms with Crippen LogP contribution in [0.4, 0.5) is 0 Å². The van der Waals surface area contributed by atoms with E-state index in [0.29, 0.717) is 6.04 Å². The molecule has 98 valence electrons. The normalized spacial score (nSPS) is 27.9. The van der Waals surface area contributed by atoms with E-state index in [9.17, 15) is 9.90 Å². The third-order valence-electron chi connectivity index (χ3n) is 4.04. The lowest BCUT2D eigenvalue weighted by Gasteiger charge is -2.34. The number of hydrogen-bond donors (Lipinski definition) is 2. The van der Waals surface area contributed by atoms with Crippen molar-refractivity contribution in [3.63, 3.8) is 0 Å². The second-order valence-corrected chi connectivity index (χ2v) is 5.51. The van der Waals surface area contributed by atoms with Crippen molar-refractivity contribution in [1.82, 2.24) is 5.32 Å². The molecule has 0 radical (unpaired) electrons. The number of aliphatic carboxylic acids is 1. The molecule has 3 nitrogen and oxygen atoms in total. The zero-order chi connectivity index (χ0) is 13.0. The molecule has 1 fully saturated rings. The van der Waals surface area contributed by atoms with E-state index in [2.05, 4.69) is 17.4 Å². The molecule has 0 unspecified atom stereocenters. The fourth-order valence-corrected chi connectivity index (χ4v) is 2.53. The van der Waals surface area contributed by atoms with Crippen molar-refractivity contribution in [3.05, 3.63) is 35.9 Å². The van der Waals surface area contributed by atoms with Crippen molar-refractivity contribution >= 4 is 5.97 Å². The highest BCUT2D eigenvalue weighted by Crippen LogP contribution is 2.36. The molecule has 1 aliphatic carbocycles. The SMILES string of the molecule is C[C@]1(C(=O)O)CC[C@H](NCc2ccccc2)CC1. The Kier molecular flexibility index (Phi) is 4.02. The first-order valence-electron chi connectivity index (χ1n) is 6.61. The molecule has 1 aromatic rings. The van der Waals surface area contributed by atoms with Crippen LogP contribution in [-0.4, -0.2) is 17.1 Å². The molecular weight excluding hydrogens is 226 g/mol. The van der Waals surface area contributed by atoms with Crippen LogP contribution >= 0.6 is 0 Å². The Morgan fingerprint density at radius 1 is 1.33 bits per heavy atom. The number of benzene rings is 1. The summed E-state index contributed by atoms with van der Waals surface area (Å²) in [5.41, 5.74) is 0.773. The van der Waals surface area contributed by atoms with Gasteiger partial charge in [-0.1, -0.05) is 30.3 Å². The quantitative estimate of drug-likeness (QED) is 0.860. The highest BCUT2D eigenvalue weighted by Gasteiger charge is 2.37. The van der Waals surface area contributed by atoms with Gasteiger partial charge in [0, 0.05) is 12.6 Å². The molecule has 0 spiro atoms. The van der Waals surface area contributed by atoms with Crippen molar-refractivity contribution in [2.45, 2.75) is 45.2 Å². The lowest BCUT2D eigenvalue weighted by molar-refractivity contribution is -0.150. The Labute approximate surface area is 108 Å². The smallest absolute Gasteiger partial charge is 0.309 e. The fraction of sp³-hybridized carbons (Fsp3) is 0.533. The molecule has 0 amide bonds. The molecule has 0 atom stereocenters. The van der Waals surface area contributed by atoms with E-state index in [0.717, 1.165) is 32.2 Å².